The Morgan fingerprint density at radius 3 is 2.38 bits per heavy atom. The van der Waals surface area contributed by atoms with E-state index >= 15 is 0 Å². The highest BCUT2D eigenvalue weighted by molar-refractivity contribution is 6.07. The molecule has 1 heterocycles. The molecule has 1 fully saturated rings. The van der Waals surface area contributed by atoms with E-state index in [0.717, 1.165) is 16.8 Å². The number of anilines is 2. The van der Waals surface area contributed by atoms with Gasteiger partial charge in [-0.15, -0.1) is 0 Å². The first-order valence-electron chi connectivity index (χ1n) is 10.6. The molecule has 0 aromatic heterocycles. The van der Waals surface area contributed by atoms with Crippen molar-refractivity contribution >= 4 is 29.1 Å². The maximum absolute atomic E-state index is 12.9. The molecule has 2 N–H and O–H groups in total. The standard InChI is InChI=1S/C26H25N3O3/c1-18-11-13-21(14-12-18)29-17-20(15-24(29)30)25(31)28-23-10-6-5-9-22(23)26(32)27-16-19-7-3-2-4-8-19/h2-14,20H,15-17H2,1H3,(H,27,32)(H,28,31)/t20-/m0/s1. The molecule has 1 saturated heterocycles. The fourth-order valence-corrected chi connectivity index (χ4v) is 3.76. The third-order valence-corrected chi connectivity index (χ3v) is 5.57. The molecule has 3 aromatic carbocycles. The molecule has 4 rings (SSSR count). The Bertz CT molecular complexity index is 1130. The zero-order valence-electron chi connectivity index (χ0n) is 17.9. The number of aryl methyl sites for hydroxylation is 1. The first kappa shape index (κ1) is 21.3. The second-order valence-corrected chi connectivity index (χ2v) is 7.94. The fraction of sp³-hybridized carbons (Fsp3) is 0.192. The summed E-state index contributed by atoms with van der Waals surface area (Å²) in [6.07, 6.45) is 0.141. The molecule has 0 saturated carbocycles. The smallest absolute Gasteiger partial charge is 0.253 e. The van der Waals surface area contributed by atoms with Gasteiger partial charge in [0.05, 0.1) is 17.2 Å². The van der Waals surface area contributed by atoms with Gasteiger partial charge < -0.3 is 15.5 Å². The van der Waals surface area contributed by atoms with Gasteiger partial charge in [0.1, 0.15) is 0 Å². The van der Waals surface area contributed by atoms with Crippen LogP contribution in [-0.2, 0) is 16.1 Å². The number of hydrogen-bond acceptors (Lipinski definition) is 3. The largest absolute Gasteiger partial charge is 0.348 e. The van der Waals surface area contributed by atoms with E-state index in [1.807, 2.05) is 61.5 Å². The molecule has 0 spiro atoms. The number of amides is 3. The average Bonchev–Trinajstić information content (AvgIpc) is 3.21. The van der Waals surface area contributed by atoms with Crippen LogP contribution in [0.3, 0.4) is 0 Å². The van der Waals surface area contributed by atoms with Crippen molar-refractivity contribution in [3.8, 4) is 0 Å². The van der Waals surface area contributed by atoms with Crippen LogP contribution >= 0.6 is 0 Å². The second kappa shape index (κ2) is 9.47. The molecule has 0 aliphatic carbocycles. The third kappa shape index (κ3) is 4.86. The summed E-state index contributed by atoms with van der Waals surface area (Å²) in [5.41, 5.74) is 3.71. The number of carbonyl (C=O) groups excluding carboxylic acids is 3. The highest BCUT2D eigenvalue weighted by Gasteiger charge is 2.35. The summed E-state index contributed by atoms with van der Waals surface area (Å²) in [5, 5.41) is 5.74. The highest BCUT2D eigenvalue weighted by Crippen LogP contribution is 2.27. The molecule has 162 valence electrons. The first-order valence-corrected chi connectivity index (χ1v) is 10.6. The summed E-state index contributed by atoms with van der Waals surface area (Å²) < 4.78 is 0. The molecule has 3 amide bonds. The minimum absolute atomic E-state index is 0.0807. The number of nitrogens with one attached hydrogen (secondary N) is 2. The fourth-order valence-electron chi connectivity index (χ4n) is 3.76. The monoisotopic (exact) mass is 427 g/mol. The molecule has 1 aliphatic heterocycles. The lowest BCUT2D eigenvalue weighted by Gasteiger charge is -2.17. The number of carbonyl (C=O) groups is 3. The molecule has 1 aliphatic rings. The van der Waals surface area contributed by atoms with E-state index in [4.69, 9.17) is 0 Å². The van der Waals surface area contributed by atoms with E-state index in [2.05, 4.69) is 10.6 Å². The number of nitrogens with zero attached hydrogens (tertiary/aromatic N) is 1. The van der Waals surface area contributed by atoms with Gasteiger partial charge in [-0.1, -0.05) is 60.2 Å². The van der Waals surface area contributed by atoms with Crippen molar-refractivity contribution in [3.05, 3.63) is 95.6 Å². The van der Waals surface area contributed by atoms with Crippen LogP contribution in [0.4, 0.5) is 11.4 Å². The molecule has 6 nitrogen and oxygen atoms in total. The SMILES string of the molecule is Cc1ccc(N2C[C@@H](C(=O)Nc3ccccc3C(=O)NCc3ccccc3)CC2=O)cc1. The quantitative estimate of drug-likeness (QED) is 0.626. The molecular weight excluding hydrogens is 402 g/mol. The van der Waals surface area contributed by atoms with Crippen LogP contribution in [0.15, 0.2) is 78.9 Å². The molecule has 3 aromatic rings. The molecule has 0 unspecified atom stereocenters. The van der Waals surface area contributed by atoms with Gasteiger partial charge in [0, 0.05) is 25.2 Å². The summed E-state index contributed by atoms with van der Waals surface area (Å²) in [6, 6.07) is 24.2. The van der Waals surface area contributed by atoms with Gasteiger partial charge in [-0.2, -0.15) is 0 Å². The van der Waals surface area contributed by atoms with Crippen LogP contribution in [0.25, 0.3) is 0 Å². The highest BCUT2D eigenvalue weighted by atomic mass is 16.2. The molecule has 6 heteroatoms. The maximum atomic E-state index is 12.9. The van der Waals surface area contributed by atoms with E-state index in [1.165, 1.54) is 0 Å². The van der Waals surface area contributed by atoms with Crippen molar-refractivity contribution in [1.82, 2.24) is 5.32 Å². The zero-order chi connectivity index (χ0) is 22.5. The van der Waals surface area contributed by atoms with Gasteiger partial charge in [0.2, 0.25) is 11.8 Å². The summed E-state index contributed by atoms with van der Waals surface area (Å²) in [7, 11) is 0. The Hall–Kier alpha value is -3.93. The van der Waals surface area contributed by atoms with Crippen LogP contribution in [0.5, 0.6) is 0 Å². The van der Waals surface area contributed by atoms with Crippen molar-refractivity contribution in [1.29, 1.82) is 0 Å². The molecule has 1 atom stereocenters. The Kier molecular flexibility index (Phi) is 6.31. The van der Waals surface area contributed by atoms with Crippen LogP contribution in [-0.4, -0.2) is 24.3 Å². The predicted octanol–water partition coefficient (Wildman–Crippen LogP) is 3.92. The second-order valence-electron chi connectivity index (χ2n) is 7.94. The number of benzene rings is 3. The average molecular weight is 428 g/mol. The predicted molar refractivity (Wildman–Crippen MR) is 124 cm³/mol. The van der Waals surface area contributed by atoms with Crippen molar-refractivity contribution in [2.45, 2.75) is 19.9 Å². The van der Waals surface area contributed by atoms with Gasteiger partial charge in [-0.05, 0) is 36.8 Å². The van der Waals surface area contributed by atoms with Crippen molar-refractivity contribution in [2.24, 2.45) is 5.92 Å². The minimum atomic E-state index is -0.482. The van der Waals surface area contributed by atoms with Gasteiger partial charge in [-0.3, -0.25) is 14.4 Å². The summed E-state index contributed by atoms with van der Waals surface area (Å²) >= 11 is 0. The maximum Gasteiger partial charge on any atom is 0.253 e. The Morgan fingerprint density at radius 1 is 0.938 bits per heavy atom. The molecule has 0 bridgehead atoms. The Balaban J connectivity index is 1.42. The van der Waals surface area contributed by atoms with Crippen molar-refractivity contribution in [2.75, 3.05) is 16.8 Å². The minimum Gasteiger partial charge on any atom is -0.348 e. The normalized spacial score (nSPS) is 15.5. The summed E-state index contributed by atoms with van der Waals surface area (Å²) in [5.74, 6) is -1.10. The lowest BCUT2D eigenvalue weighted by Crippen LogP contribution is -2.29. The van der Waals surface area contributed by atoms with E-state index < -0.39 is 5.92 Å². The Labute approximate surface area is 187 Å². The van der Waals surface area contributed by atoms with Crippen LogP contribution in [0.2, 0.25) is 0 Å². The number of rotatable bonds is 6. The third-order valence-electron chi connectivity index (χ3n) is 5.57. The number of hydrogen-bond donors (Lipinski definition) is 2. The van der Waals surface area contributed by atoms with E-state index in [9.17, 15) is 14.4 Å². The van der Waals surface area contributed by atoms with Gasteiger partial charge >= 0.3 is 0 Å². The molecular formula is C26H25N3O3. The first-order chi connectivity index (χ1) is 15.5. The van der Waals surface area contributed by atoms with Crippen LogP contribution in [0.1, 0.15) is 27.9 Å². The van der Waals surface area contributed by atoms with E-state index in [0.29, 0.717) is 24.3 Å². The molecule has 32 heavy (non-hydrogen) atoms. The van der Waals surface area contributed by atoms with Gasteiger partial charge in [0.15, 0.2) is 0 Å². The topological polar surface area (TPSA) is 78.5 Å². The van der Waals surface area contributed by atoms with Crippen molar-refractivity contribution < 1.29 is 14.4 Å². The van der Waals surface area contributed by atoms with E-state index in [-0.39, 0.29) is 24.1 Å². The van der Waals surface area contributed by atoms with Crippen molar-refractivity contribution in [3.63, 3.8) is 0 Å². The van der Waals surface area contributed by atoms with Crippen LogP contribution < -0.4 is 15.5 Å². The summed E-state index contributed by atoms with van der Waals surface area (Å²) in [4.78, 5) is 39.8. The summed E-state index contributed by atoms with van der Waals surface area (Å²) in [6.45, 7) is 2.69. The van der Waals surface area contributed by atoms with E-state index in [1.54, 1.807) is 29.2 Å². The van der Waals surface area contributed by atoms with Gasteiger partial charge in [-0.25, -0.2) is 0 Å². The lowest BCUT2D eigenvalue weighted by atomic mass is 10.1. The molecule has 0 radical (unpaired) electrons. The lowest BCUT2D eigenvalue weighted by molar-refractivity contribution is -0.122. The zero-order valence-corrected chi connectivity index (χ0v) is 17.9. The van der Waals surface area contributed by atoms with Crippen LogP contribution in [0, 0.1) is 12.8 Å². The van der Waals surface area contributed by atoms with Gasteiger partial charge in [0.25, 0.3) is 5.91 Å². The number of para-hydroxylation sites is 1. The Morgan fingerprint density at radius 2 is 1.62 bits per heavy atom.